The fraction of sp³-hybridized carbons (Fsp3) is 0.316. The third kappa shape index (κ3) is 6.35. The van der Waals surface area contributed by atoms with Crippen LogP contribution in [0.4, 0.5) is 18.9 Å². The first-order chi connectivity index (χ1) is 13.6. The van der Waals surface area contributed by atoms with Gasteiger partial charge in [-0.25, -0.2) is 0 Å². The molecule has 0 aliphatic rings. The van der Waals surface area contributed by atoms with Crippen LogP contribution in [0.25, 0.3) is 0 Å². The first kappa shape index (κ1) is 22.5. The zero-order valence-electron chi connectivity index (χ0n) is 15.4. The van der Waals surface area contributed by atoms with Crippen molar-refractivity contribution in [2.75, 3.05) is 6.54 Å². The Balaban J connectivity index is 2.24. The van der Waals surface area contributed by atoms with E-state index < -0.39 is 16.7 Å². The average Bonchev–Trinajstić information content (AvgIpc) is 2.62. The van der Waals surface area contributed by atoms with Crippen molar-refractivity contribution in [2.45, 2.75) is 32.4 Å². The van der Waals surface area contributed by atoms with Crippen molar-refractivity contribution in [3.05, 3.63) is 62.7 Å². The number of carbonyl (C=O) groups is 1. The molecule has 0 unspecified atom stereocenters. The summed E-state index contributed by atoms with van der Waals surface area (Å²) in [7, 11) is 0. The highest BCUT2D eigenvalue weighted by Gasteiger charge is 2.31. The molecule has 0 radical (unpaired) electrons. The number of ether oxygens (including phenoxy) is 1. The van der Waals surface area contributed by atoms with E-state index in [9.17, 15) is 28.1 Å². The maximum absolute atomic E-state index is 12.7. The van der Waals surface area contributed by atoms with Crippen LogP contribution < -0.4 is 10.1 Å². The number of amides is 1. The van der Waals surface area contributed by atoms with Crippen molar-refractivity contribution in [2.24, 2.45) is 0 Å². The van der Waals surface area contributed by atoms with Gasteiger partial charge < -0.3 is 10.1 Å². The fourth-order valence-electron chi connectivity index (χ4n) is 2.47. The Labute approximate surface area is 169 Å². The summed E-state index contributed by atoms with van der Waals surface area (Å²) in [5, 5.41) is 13.6. The van der Waals surface area contributed by atoms with Gasteiger partial charge in [0.25, 0.3) is 5.69 Å². The predicted octanol–water partition coefficient (Wildman–Crippen LogP) is 5.52. The Morgan fingerprint density at radius 3 is 2.55 bits per heavy atom. The number of benzene rings is 2. The monoisotopic (exact) mass is 430 g/mol. The van der Waals surface area contributed by atoms with Crippen molar-refractivity contribution in [1.82, 2.24) is 5.32 Å². The van der Waals surface area contributed by atoms with Crippen LogP contribution in [0.1, 0.15) is 30.9 Å². The maximum atomic E-state index is 12.7. The molecule has 0 bridgehead atoms. The second-order valence-corrected chi connectivity index (χ2v) is 6.58. The van der Waals surface area contributed by atoms with E-state index in [2.05, 4.69) is 5.32 Å². The molecule has 0 fully saturated rings. The Morgan fingerprint density at radius 2 is 1.97 bits per heavy atom. The molecule has 0 aliphatic carbocycles. The predicted molar refractivity (Wildman–Crippen MR) is 101 cm³/mol. The van der Waals surface area contributed by atoms with Crippen LogP contribution in [-0.2, 0) is 17.4 Å². The highest BCUT2D eigenvalue weighted by Crippen LogP contribution is 2.37. The average molecular weight is 431 g/mol. The number of nitrogens with zero attached hydrogens (tertiary/aromatic N) is 1. The molecule has 0 heterocycles. The van der Waals surface area contributed by atoms with E-state index in [4.69, 9.17) is 16.3 Å². The summed E-state index contributed by atoms with van der Waals surface area (Å²) in [5.41, 5.74) is -1.07. The normalized spacial score (nSPS) is 11.2. The summed E-state index contributed by atoms with van der Waals surface area (Å²) in [5.74, 6) is -0.327. The minimum Gasteiger partial charge on any atom is -0.456 e. The number of unbranched alkanes of at least 4 members (excludes halogenated alkanes) is 1. The Morgan fingerprint density at radius 1 is 1.24 bits per heavy atom. The third-order valence-electron chi connectivity index (χ3n) is 3.94. The molecule has 0 saturated heterocycles. The number of nitro groups is 1. The zero-order valence-corrected chi connectivity index (χ0v) is 16.1. The lowest BCUT2D eigenvalue weighted by Crippen LogP contribution is -2.26. The summed E-state index contributed by atoms with van der Waals surface area (Å²) in [4.78, 5) is 22.6. The molecule has 1 N–H and O–H groups in total. The van der Waals surface area contributed by atoms with Gasteiger partial charge in [-0.15, -0.1) is 0 Å². The molecule has 2 aromatic rings. The molecular weight excluding hydrogens is 413 g/mol. The molecule has 2 rings (SSSR count). The molecule has 1 amide bonds. The van der Waals surface area contributed by atoms with Gasteiger partial charge in [-0.2, -0.15) is 13.2 Å². The molecule has 0 saturated carbocycles. The number of halogens is 4. The van der Waals surface area contributed by atoms with Gasteiger partial charge in [-0.05, 0) is 36.8 Å². The van der Waals surface area contributed by atoms with Gasteiger partial charge in [0.15, 0.2) is 0 Å². The van der Waals surface area contributed by atoms with Gasteiger partial charge in [0, 0.05) is 18.2 Å². The molecule has 0 atom stereocenters. The van der Waals surface area contributed by atoms with Crippen molar-refractivity contribution >= 4 is 23.2 Å². The minimum atomic E-state index is -4.55. The quantitative estimate of drug-likeness (QED) is 0.339. The number of nitro benzene ring substituents is 1. The second-order valence-electron chi connectivity index (χ2n) is 6.17. The molecule has 10 heteroatoms. The first-order valence-corrected chi connectivity index (χ1v) is 9.08. The number of alkyl halides is 3. The van der Waals surface area contributed by atoms with Crippen LogP contribution >= 0.6 is 11.6 Å². The molecule has 29 heavy (non-hydrogen) atoms. The Kier molecular flexibility index (Phi) is 7.44. The summed E-state index contributed by atoms with van der Waals surface area (Å²) in [6.45, 7) is 2.42. The van der Waals surface area contributed by atoms with Gasteiger partial charge in [0.1, 0.15) is 11.5 Å². The number of hydrogen-bond acceptors (Lipinski definition) is 4. The lowest BCUT2D eigenvalue weighted by Gasteiger charge is -2.12. The van der Waals surface area contributed by atoms with E-state index >= 15 is 0 Å². The van der Waals surface area contributed by atoms with Gasteiger partial charge >= 0.3 is 6.18 Å². The van der Waals surface area contributed by atoms with Gasteiger partial charge in [0.2, 0.25) is 5.91 Å². The van der Waals surface area contributed by atoms with Crippen LogP contribution in [0, 0.1) is 10.1 Å². The minimum absolute atomic E-state index is 0.0492. The van der Waals surface area contributed by atoms with E-state index in [1.54, 1.807) is 0 Å². The Hall–Kier alpha value is -2.81. The molecule has 0 aliphatic heterocycles. The second kappa shape index (κ2) is 9.60. The van der Waals surface area contributed by atoms with E-state index in [0.717, 1.165) is 31.0 Å². The number of nitrogens with one attached hydrogen (secondary N) is 1. The van der Waals surface area contributed by atoms with E-state index in [-0.39, 0.29) is 40.1 Å². The highest BCUT2D eigenvalue weighted by molar-refractivity contribution is 6.32. The molecule has 156 valence electrons. The summed E-state index contributed by atoms with van der Waals surface area (Å²) >= 11 is 5.86. The summed E-state index contributed by atoms with van der Waals surface area (Å²) < 4.78 is 43.7. The van der Waals surface area contributed by atoms with Crippen LogP contribution in [0.5, 0.6) is 11.5 Å². The van der Waals surface area contributed by atoms with Crippen LogP contribution in [0.2, 0.25) is 5.02 Å². The fourth-order valence-corrected chi connectivity index (χ4v) is 2.69. The molecule has 2 aromatic carbocycles. The van der Waals surface area contributed by atoms with Crippen molar-refractivity contribution < 1.29 is 27.6 Å². The number of hydrogen-bond donors (Lipinski definition) is 1. The molecule has 6 nitrogen and oxygen atoms in total. The van der Waals surface area contributed by atoms with Crippen molar-refractivity contribution in [3.63, 3.8) is 0 Å². The summed E-state index contributed by atoms with van der Waals surface area (Å²) in [6, 6.07) is 6.35. The van der Waals surface area contributed by atoms with E-state index in [1.165, 1.54) is 18.2 Å². The standard InChI is InChI=1S/C19H18ClF3N2O4/c1-2-3-8-24-18(26)10-12-9-14(5-6-16(12)25(27)28)29-17-7-4-13(11-15(17)20)19(21,22)23/h4-7,9,11H,2-3,8,10H2,1H3,(H,24,26). The van der Waals surface area contributed by atoms with Gasteiger partial charge in [-0.1, -0.05) is 24.9 Å². The molecule has 0 aromatic heterocycles. The van der Waals surface area contributed by atoms with E-state index in [1.807, 2.05) is 6.92 Å². The SMILES string of the molecule is CCCCNC(=O)Cc1cc(Oc2ccc(C(F)(F)F)cc2Cl)ccc1[N+](=O)[O-]. The van der Waals surface area contributed by atoms with Crippen LogP contribution in [0.15, 0.2) is 36.4 Å². The highest BCUT2D eigenvalue weighted by atomic mass is 35.5. The van der Waals surface area contributed by atoms with Crippen molar-refractivity contribution in [1.29, 1.82) is 0 Å². The topological polar surface area (TPSA) is 81.5 Å². The number of rotatable bonds is 8. The lowest BCUT2D eigenvalue weighted by molar-refractivity contribution is -0.385. The van der Waals surface area contributed by atoms with Crippen LogP contribution in [0.3, 0.4) is 0 Å². The largest absolute Gasteiger partial charge is 0.456 e. The lowest BCUT2D eigenvalue weighted by atomic mass is 10.1. The summed E-state index contributed by atoms with van der Waals surface area (Å²) in [6.07, 6.45) is -3.12. The smallest absolute Gasteiger partial charge is 0.416 e. The van der Waals surface area contributed by atoms with E-state index in [0.29, 0.717) is 6.54 Å². The number of carbonyl (C=O) groups excluding carboxylic acids is 1. The first-order valence-electron chi connectivity index (χ1n) is 8.70. The molecular formula is C19H18ClF3N2O4. The third-order valence-corrected chi connectivity index (χ3v) is 4.23. The Bertz CT molecular complexity index is 904. The maximum Gasteiger partial charge on any atom is 0.416 e. The zero-order chi connectivity index (χ0) is 21.6. The van der Waals surface area contributed by atoms with Crippen molar-refractivity contribution in [3.8, 4) is 11.5 Å². The van der Waals surface area contributed by atoms with Gasteiger partial charge in [0.05, 0.1) is 21.9 Å². The van der Waals surface area contributed by atoms with Gasteiger partial charge in [-0.3, -0.25) is 14.9 Å². The van der Waals surface area contributed by atoms with Crippen LogP contribution in [-0.4, -0.2) is 17.4 Å². The molecule has 0 spiro atoms.